The lowest BCUT2D eigenvalue weighted by atomic mass is 10.0. The number of allylic oxidation sites excluding steroid dienone is 2. The van der Waals surface area contributed by atoms with E-state index in [1.165, 1.54) is 33.8 Å². The predicted octanol–water partition coefficient (Wildman–Crippen LogP) is 6.94. The van der Waals surface area contributed by atoms with Crippen LogP contribution in [0.4, 0.5) is 11.4 Å². The molecule has 0 N–H and O–H groups in total. The van der Waals surface area contributed by atoms with Gasteiger partial charge >= 0.3 is 0 Å². The highest BCUT2D eigenvalue weighted by Gasteiger charge is 2.29. The zero-order valence-electron chi connectivity index (χ0n) is 17.9. The van der Waals surface area contributed by atoms with Crippen LogP contribution in [0.5, 0.6) is 11.5 Å². The van der Waals surface area contributed by atoms with Gasteiger partial charge in [-0.2, -0.15) is 0 Å². The number of benzene rings is 3. The number of hydrogen-bond donors (Lipinski definition) is 0. The standard InChI is InChI=1S/C26H28N2O/c1-18-15-19(2)26(20(3)16-18)28-17-27(21(4)22(28)5)24-13-9-10-14-25(24)29-23-11-7-6-8-12-23/h6-16H,17H2,1-5H3. The van der Waals surface area contributed by atoms with Crippen LogP contribution in [0, 0.1) is 20.8 Å². The van der Waals surface area contributed by atoms with Crippen LogP contribution < -0.4 is 14.5 Å². The molecule has 0 saturated carbocycles. The van der Waals surface area contributed by atoms with Gasteiger partial charge in [0.1, 0.15) is 5.75 Å². The first kappa shape index (κ1) is 19.1. The normalized spacial score (nSPS) is 14.0. The van der Waals surface area contributed by atoms with E-state index in [0.717, 1.165) is 23.9 Å². The molecule has 0 bridgehead atoms. The van der Waals surface area contributed by atoms with Crippen molar-refractivity contribution in [3.63, 3.8) is 0 Å². The third kappa shape index (κ3) is 3.61. The van der Waals surface area contributed by atoms with Gasteiger partial charge in [-0.15, -0.1) is 0 Å². The van der Waals surface area contributed by atoms with E-state index in [1.807, 2.05) is 42.5 Å². The van der Waals surface area contributed by atoms with Crippen molar-refractivity contribution in [1.82, 2.24) is 0 Å². The maximum absolute atomic E-state index is 6.23. The molecule has 3 aromatic carbocycles. The van der Waals surface area contributed by atoms with Gasteiger partial charge in [-0.1, -0.05) is 48.0 Å². The number of rotatable bonds is 4. The Balaban J connectivity index is 1.70. The molecule has 1 aliphatic heterocycles. The lowest BCUT2D eigenvalue weighted by molar-refractivity contribution is 0.482. The van der Waals surface area contributed by atoms with Crippen molar-refractivity contribution in [2.24, 2.45) is 0 Å². The molecule has 3 nitrogen and oxygen atoms in total. The fraction of sp³-hybridized carbons (Fsp3) is 0.231. The van der Waals surface area contributed by atoms with Gasteiger partial charge in [-0.25, -0.2) is 0 Å². The SMILES string of the molecule is CC1=C(C)N(c2c(C)cc(C)cc2C)CN1c1ccccc1Oc1ccccc1. The summed E-state index contributed by atoms with van der Waals surface area (Å²) in [6.07, 6.45) is 0. The Morgan fingerprint density at radius 1 is 0.690 bits per heavy atom. The third-order valence-electron chi connectivity index (χ3n) is 5.65. The molecule has 29 heavy (non-hydrogen) atoms. The summed E-state index contributed by atoms with van der Waals surface area (Å²) in [6, 6.07) is 22.8. The second-order valence-electron chi connectivity index (χ2n) is 7.80. The van der Waals surface area contributed by atoms with E-state index in [2.05, 4.69) is 68.7 Å². The lowest BCUT2D eigenvalue weighted by Gasteiger charge is -2.27. The fourth-order valence-electron chi connectivity index (χ4n) is 4.22. The first-order valence-electron chi connectivity index (χ1n) is 10.1. The van der Waals surface area contributed by atoms with Gasteiger partial charge in [0.2, 0.25) is 0 Å². The average molecular weight is 385 g/mol. The molecule has 0 aromatic heterocycles. The molecule has 148 valence electrons. The van der Waals surface area contributed by atoms with Gasteiger partial charge in [0.25, 0.3) is 0 Å². The summed E-state index contributed by atoms with van der Waals surface area (Å²) in [5, 5.41) is 0. The highest BCUT2D eigenvalue weighted by molar-refractivity contribution is 5.72. The van der Waals surface area contributed by atoms with Crippen molar-refractivity contribution < 1.29 is 4.74 Å². The maximum Gasteiger partial charge on any atom is 0.151 e. The van der Waals surface area contributed by atoms with E-state index < -0.39 is 0 Å². The average Bonchev–Trinajstić information content (AvgIpc) is 2.97. The monoisotopic (exact) mass is 384 g/mol. The summed E-state index contributed by atoms with van der Waals surface area (Å²) < 4.78 is 6.23. The van der Waals surface area contributed by atoms with Crippen LogP contribution >= 0.6 is 0 Å². The molecule has 0 radical (unpaired) electrons. The fourth-order valence-corrected chi connectivity index (χ4v) is 4.22. The van der Waals surface area contributed by atoms with E-state index in [0.29, 0.717) is 0 Å². The molecule has 0 amide bonds. The second-order valence-corrected chi connectivity index (χ2v) is 7.80. The summed E-state index contributed by atoms with van der Waals surface area (Å²) >= 11 is 0. The summed E-state index contributed by atoms with van der Waals surface area (Å²) in [5.74, 6) is 1.71. The van der Waals surface area contributed by atoms with E-state index in [1.54, 1.807) is 0 Å². The van der Waals surface area contributed by atoms with Crippen LogP contribution in [0.1, 0.15) is 30.5 Å². The molecule has 1 aliphatic rings. The van der Waals surface area contributed by atoms with Crippen LogP contribution in [-0.2, 0) is 0 Å². The number of anilines is 2. The molecule has 3 aromatic rings. The third-order valence-corrected chi connectivity index (χ3v) is 5.65. The molecular weight excluding hydrogens is 356 g/mol. The first-order chi connectivity index (χ1) is 14.0. The number of ether oxygens (including phenoxy) is 1. The predicted molar refractivity (Wildman–Crippen MR) is 122 cm³/mol. The minimum Gasteiger partial charge on any atom is -0.455 e. The van der Waals surface area contributed by atoms with Crippen LogP contribution in [0.25, 0.3) is 0 Å². The summed E-state index contributed by atoms with van der Waals surface area (Å²) in [6.45, 7) is 11.7. The van der Waals surface area contributed by atoms with Gasteiger partial charge in [0, 0.05) is 17.1 Å². The lowest BCUT2D eigenvalue weighted by Crippen LogP contribution is -2.28. The molecular formula is C26H28N2O. The van der Waals surface area contributed by atoms with Crippen molar-refractivity contribution in [3.8, 4) is 11.5 Å². The Kier molecular flexibility index (Phi) is 5.06. The smallest absolute Gasteiger partial charge is 0.151 e. The number of hydrogen-bond acceptors (Lipinski definition) is 3. The van der Waals surface area contributed by atoms with E-state index in [9.17, 15) is 0 Å². The van der Waals surface area contributed by atoms with Crippen LogP contribution in [0.3, 0.4) is 0 Å². The van der Waals surface area contributed by atoms with Gasteiger partial charge in [-0.3, -0.25) is 0 Å². The van der Waals surface area contributed by atoms with E-state index in [-0.39, 0.29) is 0 Å². The Morgan fingerprint density at radius 3 is 1.97 bits per heavy atom. The Hall–Kier alpha value is -3.20. The van der Waals surface area contributed by atoms with Crippen molar-refractivity contribution in [3.05, 3.63) is 94.8 Å². The molecule has 0 saturated heterocycles. The summed E-state index contributed by atoms with van der Waals surface area (Å²) in [5.41, 5.74) is 8.83. The molecule has 0 aliphatic carbocycles. The maximum atomic E-state index is 6.23. The minimum absolute atomic E-state index is 0.775. The highest BCUT2D eigenvalue weighted by atomic mass is 16.5. The summed E-state index contributed by atoms with van der Waals surface area (Å²) in [7, 11) is 0. The largest absolute Gasteiger partial charge is 0.455 e. The van der Waals surface area contributed by atoms with Gasteiger partial charge in [0.15, 0.2) is 5.75 Å². The van der Waals surface area contributed by atoms with Crippen molar-refractivity contribution >= 4 is 11.4 Å². The zero-order chi connectivity index (χ0) is 20.5. The van der Waals surface area contributed by atoms with E-state index >= 15 is 0 Å². The van der Waals surface area contributed by atoms with Crippen LogP contribution in [0.15, 0.2) is 78.1 Å². The molecule has 0 spiro atoms. The van der Waals surface area contributed by atoms with Crippen LogP contribution in [-0.4, -0.2) is 6.67 Å². The molecule has 0 unspecified atom stereocenters. The number of para-hydroxylation sites is 3. The van der Waals surface area contributed by atoms with Gasteiger partial charge in [0.05, 0.1) is 12.4 Å². The quantitative estimate of drug-likeness (QED) is 0.484. The Labute approximate surface area is 173 Å². The highest BCUT2D eigenvalue weighted by Crippen LogP contribution is 2.40. The second kappa shape index (κ2) is 7.67. The molecule has 3 heteroatoms. The Bertz CT molecular complexity index is 1050. The van der Waals surface area contributed by atoms with Gasteiger partial charge in [-0.05, 0) is 70.0 Å². The van der Waals surface area contributed by atoms with Crippen LogP contribution in [0.2, 0.25) is 0 Å². The van der Waals surface area contributed by atoms with Gasteiger partial charge < -0.3 is 14.5 Å². The van der Waals surface area contributed by atoms with E-state index in [4.69, 9.17) is 4.74 Å². The molecule has 0 fully saturated rings. The number of aryl methyl sites for hydroxylation is 3. The molecule has 1 heterocycles. The number of nitrogens with zero attached hydrogens (tertiary/aromatic N) is 2. The topological polar surface area (TPSA) is 15.7 Å². The zero-order valence-corrected chi connectivity index (χ0v) is 17.9. The first-order valence-corrected chi connectivity index (χ1v) is 10.1. The minimum atomic E-state index is 0.775. The van der Waals surface area contributed by atoms with Crippen molar-refractivity contribution in [2.75, 3.05) is 16.5 Å². The summed E-state index contributed by atoms with van der Waals surface area (Å²) in [4.78, 5) is 4.76. The van der Waals surface area contributed by atoms with Crippen molar-refractivity contribution in [1.29, 1.82) is 0 Å². The molecule has 0 atom stereocenters. The molecule has 4 rings (SSSR count). The Morgan fingerprint density at radius 2 is 1.28 bits per heavy atom. The van der Waals surface area contributed by atoms with Crippen molar-refractivity contribution in [2.45, 2.75) is 34.6 Å².